The first-order valence-electron chi connectivity index (χ1n) is 13.2. The van der Waals surface area contributed by atoms with Gasteiger partial charge in [-0.2, -0.15) is 4.98 Å². The zero-order valence-corrected chi connectivity index (χ0v) is 22.5. The normalized spacial score (nSPS) is 13.5. The highest BCUT2D eigenvalue weighted by Gasteiger charge is 2.27. The Morgan fingerprint density at radius 1 is 1.07 bits per heavy atom. The average molecular weight is 549 g/mol. The van der Waals surface area contributed by atoms with E-state index in [2.05, 4.69) is 25.6 Å². The zero-order valence-electron chi connectivity index (χ0n) is 22.5. The van der Waals surface area contributed by atoms with E-state index in [0.29, 0.717) is 33.9 Å². The molecule has 0 radical (unpaired) electrons. The van der Waals surface area contributed by atoms with E-state index in [1.165, 1.54) is 6.20 Å². The highest BCUT2D eigenvalue weighted by molar-refractivity contribution is 5.99. The third-order valence-electron chi connectivity index (χ3n) is 6.90. The molecule has 1 fully saturated rings. The Hall–Kier alpha value is -5.32. The van der Waals surface area contributed by atoms with E-state index in [1.807, 2.05) is 55.5 Å². The van der Waals surface area contributed by atoms with E-state index >= 15 is 0 Å². The van der Waals surface area contributed by atoms with Crippen LogP contribution in [-0.4, -0.2) is 43.6 Å². The molecule has 1 aliphatic rings. The number of carbonyl (C=O) groups excluding carboxylic acids is 1. The van der Waals surface area contributed by atoms with Crippen molar-refractivity contribution in [2.24, 2.45) is 0 Å². The zero-order chi connectivity index (χ0) is 28.5. The van der Waals surface area contributed by atoms with E-state index in [0.717, 1.165) is 18.4 Å². The molecular formula is C30H28N8O3. The van der Waals surface area contributed by atoms with E-state index in [4.69, 9.17) is 15.5 Å². The van der Waals surface area contributed by atoms with Crippen molar-refractivity contribution in [3.8, 4) is 22.7 Å². The Morgan fingerprint density at radius 3 is 2.63 bits per heavy atom. The van der Waals surface area contributed by atoms with Crippen molar-refractivity contribution >= 4 is 28.6 Å². The van der Waals surface area contributed by atoms with Gasteiger partial charge in [0, 0.05) is 24.5 Å². The minimum atomic E-state index is -0.557. The van der Waals surface area contributed by atoms with E-state index in [-0.39, 0.29) is 34.8 Å². The summed E-state index contributed by atoms with van der Waals surface area (Å²) in [5.74, 6) is 0.869. The molecule has 0 unspecified atom stereocenters. The number of benzene rings is 2. The van der Waals surface area contributed by atoms with Crippen LogP contribution < -0.4 is 26.7 Å². The molecule has 0 bridgehead atoms. The van der Waals surface area contributed by atoms with Gasteiger partial charge >= 0.3 is 0 Å². The summed E-state index contributed by atoms with van der Waals surface area (Å²) in [6.07, 6.45) is 4.93. The maximum atomic E-state index is 14.4. The standard InChI is InChI=1S/C30H28N8O3/c1-17(34-26-22(16-33-30(31)37-26)28(39)35-19-11-12-19)27-36-23-10-6-9-21(18-13-14-32-24(15-18)41-2)25(23)29(40)38(27)20-7-4-3-5-8-20/h3-10,13-17,19H,11-12H2,1-2H3,(H,35,39)(H3,31,33,34,37)/t17-/m1/s1. The molecule has 11 nitrogen and oxygen atoms in total. The van der Waals surface area contributed by atoms with Gasteiger partial charge in [-0.3, -0.25) is 14.2 Å². The van der Waals surface area contributed by atoms with Crippen LogP contribution in [0, 0.1) is 0 Å². The van der Waals surface area contributed by atoms with Gasteiger partial charge in [0.05, 0.1) is 29.7 Å². The van der Waals surface area contributed by atoms with Crippen molar-refractivity contribution in [3.05, 3.63) is 94.8 Å². The van der Waals surface area contributed by atoms with E-state index in [9.17, 15) is 9.59 Å². The molecule has 1 atom stereocenters. The minimum absolute atomic E-state index is 0.0204. The van der Waals surface area contributed by atoms with Crippen molar-refractivity contribution < 1.29 is 9.53 Å². The maximum Gasteiger partial charge on any atom is 0.266 e. The summed E-state index contributed by atoms with van der Waals surface area (Å²) >= 11 is 0. The molecule has 41 heavy (non-hydrogen) atoms. The number of rotatable bonds is 8. The van der Waals surface area contributed by atoms with Gasteiger partial charge in [-0.1, -0.05) is 30.3 Å². The number of aromatic nitrogens is 5. The predicted molar refractivity (Wildman–Crippen MR) is 156 cm³/mol. The molecule has 3 aromatic heterocycles. The van der Waals surface area contributed by atoms with Gasteiger partial charge < -0.3 is 21.1 Å². The molecular weight excluding hydrogens is 520 g/mol. The van der Waals surface area contributed by atoms with Crippen molar-refractivity contribution in [2.75, 3.05) is 18.2 Å². The Morgan fingerprint density at radius 2 is 1.88 bits per heavy atom. The number of para-hydroxylation sites is 1. The molecule has 2 aromatic carbocycles. The molecule has 0 spiro atoms. The predicted octanol–water partition coefficient (Wildman–Crippen LogP) is 3.89. The van der Waals surface area contributed by atoms with Crippen LogP contribution >= 0.6 is 0 Å². The minimum Gasteiger partial charge on any atom is -0.481 e. The van der Waals surface area contributed by atoms with Gasteiger partial charge in [-0.25, -0.2) is 15.0 Å². The number of pyridine rings is 1. The fourth-order valence-corrected chi connectivity index (χ4v) is 4.73. The van der Waals surface area contributed by atoms with Crippen LogP contribution in [0.1, 0.15) is 42.0 Å². The number of hydrogen-bond acceptors (Lipinski definition) is 9. The summed E-state index contributed by atoms with van der Waals surface area (Å²) in [6.45, 7) is 1.85. The number of nitrogens with one attached hydrogen (secondary N) is 2. The summed E-state index contributed by atoms with van der Waals surface area (Å²) < 4.78 is 6.89. The lowest BCUT2D eigenvalue weighted by Gasteiger charge is -2.22. The van der Waals surface area contributed by atoms with Crippen molar-refractivity contribution in [1.82, 2.24) is 29.8 Å². The van der Waals surface area contributed by atoms with Crippen LogP contribution in [0.3, 0.4) is 0 Å². The second-order valence-electron chi connectivity index (χ2n) is 9.84. The van der Waals surface area contributed by atoms with E-state index < -0.39 is 6.04 Å². The Labute approximate surface area is 235 Å². The quantitative estimate of drug-likeness (QED) is 0.262. The van der Waals surface area contributed by atoms with Crippen LogP contribution in [0.4, 0.5) is 11.8 Å². The maximum absolute atomic E-state index is 14.4. The summed E-state index contributed by atoms with van der Waals surface area (Å²) in [4.78, 5) is 44.8. The molecule has 0 saturated heterocycles. The second-order valence-corrected chi connectivity index (χ2v) is 9.84. The van der Waals surface area contributed by atoms with Gasteiger partial charge in [-0.15, -0.1) is 0 Å². The first-order chi connectivity index (χ1) is 19.9. The molecule has 1 saturated carbocycles. The first-order valence-corrected chi connectivity index (χ1v) is 13.2. The van der Waals surface area contributed by atoms with Crippen LogP contribution in [0.25, 0.3) is 27.7 Å². The Bertz CT molecular complexity index is 1820. The van der Waals surface area contributed by atoms with Gasteiger partial charge in [0.1, 0.15) is 17.2 Å². The molecule has 4 N–H and O–H groups in total. The number of ether oxygens (including phenoxy) is 1. The van der Waals surface area contributed by atoms with Gasteiger partial charge in [0.15, 0.2) is 0 Å². The summed E-state index contributed by atoms with van der Waals surface area (Å²) in [6, 6.07) is 18.1. The third kappa shape index (κ3) is 5.17. The number of carbonyl (C=O) groups is 1. The third-order valence-corrected chi connectivity index (χ3v) is 6.90. The average Bonchev–Trinajstić information content (AvgIpc) is 3.81. The number of anilines is 2. The monoisotopic (exact) mass is 548 g/mol. The number of methoxy groups -OCH3 is 1. The van der Waals surface area contributed by atoms with Crippen LogP contribution in [0.2, 0.25) is 0 Å². The number of nitrogens with zero attached hydrogens (tertiary/aromatic N) is 5. The SMILES string of the molecule is COc1cc(-c2cccc3nc([C@@H](C)Nc4nc(N)ncc4C(=O)NC4CC4)n(-c4ccccc4)c(=O)c23)ccn1. The summed E-state index contributed by atoms with van der Waals surface area (Å²) in [5.41, 5.74) is 8.56. The number of fused-ring (bicyclic) bond motifs is 1. The second kappa shape index (κ2) is 10.7. The Balaban J connectivity index is 1.50. The molecule has 206 valence electrons. The van der Waals surface area contributed by atoms with Gasteiger partial charge in [0.2, 0.25) is 11.8 Å². The lowest BCUT2D eigenvalue weighted by atomic mass is 10.0. The molecule has 3 heterocycles. The highest BCUT2D eigenvalue weighted by Crippen LogP contribution is 2.30. The smallest absolute Gasteiger partial charge is 0.266 e. The highest BCUT2D eigenvalue weighted by atomic mass is 16.5. The lowest BCUT2D eigenvalue weighted by molar-refractivity contribution is 0.0951. The van der Waals surface area contributed by atoms with Crippen LogP contribution in [0.5, 0.6) is 5.88 Å². The van der Waals surface area contributed by atoms with Crippen molar-refractivity contribution in [2.45, 2.75) is 31.8 Å². The van der Waals surface area contributed by atoms with Crippen LogP contribution in [0.15, 0.2) is 77.9 Å². The fourth-order valence-electron chi connectivity index (χ4n) is 4.73. The van der Waals surface area contributed by atoms with Crippen molar-refractivity contribution in [1.29, 1.82) is 0 Å². The number of nitrogen functional groups attached to an aromatic ring is 1. The molecule has 0 aliphatic heterocycles. The molecule has 6 rings (SSSR count). The fraction of sp³-hybridized carbons (Fsp3) is 0.200. The topological polar surface area (TPSA) is 150 Å². The largest absolute Gasteiger partial charge is 0.481 e. The molecule has 1 aliphatic carbocycles. The van der Waals surface area contributed by atoms with Gasteiger partial charge in [-0.05, 0) is 55.2 Å². The number of hydrogen-bond donors (Lipinski definition) is 3. The Kier molecular flexibility index (Phi) is 6.76. The summed E-state index contributed by atoms with van der Waals surface area (Å²) in [7, 11) is 1.55. The van der Waals surface area contributed by atoms with E-state index in [1.54, 1.807) is 30.0 Å². The molecule has 5 aromatic rings. The molecule has 1 amide bonds. The van der Waals surface area contributed by atoms with Gasteiger partial charge in [0.25, 0.3) is 11.5 Å². The van der Waals surface area contributed by atoms with Crippen molar-refractivity contribution in [3.63, 3.8) is 0 Å². The first kappa shape index (κ1) is 25.9. The number of amides is 1. The van der Waals surface area contributed by atoms with Crippen LogP contribution in [-0.2, 0) is 0 Å². The lowest BCUT2D eigenvalue weighted by Crippen LogP contribution is -2.29. The number of nitrogens with two attached hydrogens (primary N) is 1. The summed E-state index contributed by atoms with van der Waals surface area (Å²) in [5, 5.41) is 6.68. The molecule has 11 heteroatoms.